The largest absolute Gasteiger partial charge is 0.456 e. The molecule has 64 heavy (non-hydrogen) atoms. The number of fused-ring (bicyclic) bond motifs is 9. The molecule has 0 saturated carbocycles. The third kappa shape index (κ3) is 5.10. The van der Waals surface area contributed by atoms with Crippen molar-refractivity contribution in [2.45, 2.75) is 33.1 Å². The van der Waals surface area contributed by atoms with Gasteiger partial charge in [0, 0.05) is 44.6 Å². The Morgan fingerprint density at radius 2 is 1.16 bits per heavy atom. The molecule has 0 aliphatic carbocycles. The Morgan fingerprint density at radius 1 is 0.484 bits per heavy atom. The lowest BCUT2D eigenvalue weighted by atomic mass is 9.43. The Kier molecular flexibility index (Phi) is 7.90. The van der Waals surface area contributed by atoms with E-state index in [-0.39, 0.29) is 12.3 Å². The average molecular weight is 837 g/mol. The molecule has 13 rings (SSSR count). The maximum Gasteiger partial charge on any atom is 0.333 e. The van der Waals surface area contributed by atoms with Gasteiger partial charge in [-0.1, -0.05) is 178 Å². The molecule has 0 bridgehead atoms. The van der Waals surface area contributed by atoms with Gasteiger partial charge in [0.25, 0.3) is 0 Å². The minimum atomic E-state index is -2.86. The number of anilines is 5. The van der Waals surface area contributed by atoms with Crippen molar-refractivity contribution in [2.75, 3.05) is 9.71 Å². The molecule has 3 aliphatic heterocycles. The van der Waals surface area contributed by atoms with Crippen LogP contribution in [0, 0.1) is 6.92 Å². The predicted octanol–water partition coefficient (Wildman–Crippen LogP) is 11.3. The first-order chi connectivity index (χ1) is 31.3. The smallest absolute Gasteiger partial charge is 0.333 e. The first-order valence-electron chi connectivity index (χ1n) is 22.5. The fraction of sp³-hybridized carbons (Fsp3) is 0.0847. The second-order valence-corrected chi connectivity index (χ2v) is 22.6. The molecule has 0 N–H and O–H groups in total. The maximum absolute atomic E-state index is 6.82. The molecule has 5 heteroatoms. The first kappa shape index (κ1) is 37.2. The number of aryl methyl sites for hydroxylation is 1. The van der Waals surface area contributed by atoms with Gasteiger partial charge in [-0.3, -0.25) is 0 Å². The molecule has 0 atom stereocenters. The second kappa shape index (κ2) is 13.6. The second-order valence-electron chi connectivity index (χ2n) is 18.9. The van der Waals surface area contributed by atoms with E-state index in [0.29, 0.717) is 0 Å². The van der Waals surface area contributed by atoms with Crippen LogP contribution in [-0.2, 0) is 5.41 Å². The van der Waals surface area contributed by atoms with Crippen molar-refractivity contribution in [2.24, 2.45) is 0 Å². The van der Waals surface area contributed by atoms with Crippen molar-refractivity contribution in [1.29, 1.82) is 0 Å². The maximum atomic E-state index is 6.82. The highest BCUT2D eigenvalue weighted by Crippen LogP contribution is 2.51. The van der Waals surface area contributed by atoms with Crippen molar-refractivity contribution < 1.29 is 4.42 Å². The number of hydrogen-bond donors (Lipinski definition) is 0. The fourth-order valence-electron chi connectivity index (χ4n) is 11.5. The Bertz CT molecular complexity index is 3480. The van der Waals surface area contributed by atoms with E-state index in [1.807, 2.05) is 0 Å². The molecule has 0 unspecified atom stereocenters. The standard InChI is InChI=1S/C59H45BN2OSi/c1-38-33-47-44-26-18-30-56-58(44)62(50-27-15-17-29-55(50)64(56,41-21-10-6-11-22-41)42-23-12-7-13-24-42)60-48-37-54-46(43-25-14-16-28-53(43)63-54)36-51(48)61(52(34-38)57(47)60)49-32-31-40(59(2,3)4)35-45(49)39-19-8-5-9-20-39/h5-37H,1-4H3. The lowest BCUT2D eigenvalue weighted by Gasteiger charge is -2.52. The van der Waals surface area contributed by atoms with E-state index in [2.05, 4.69) is 238 Å². The zero-order valence-electron chi connectivity index (χ0n) is 36.4. The van der Waals surface area contributed by atoms with Crippen LogP contribution in [-0.4, -0.2) is 14.9 Å². The number of hydrogen-bond acceptors (Lipinski definition) is 3. The molecule has 3 aliphatic rings. The van der Waals surface area contributed by atoms with Gasteiger partial charge in [0.2, 0.25) is 0 Å². The van der Waals surface area contributed by atoms with Crippen LogP contribution in [0.1, 0.15) is 31.9 Å². The summed E-state index contributed by atoms with van der Waals surface area (Å²) in [5.41, 5.74) is 18.0. The molecular weight excluding hydrogens is 792 g/mol. The van der Waals surface area contributed by atoms with Crippen molar-refractivity contribution in [1.82, 2.24) is 0 Å². The summed E-state index contributed by atoms with van der Waals surface area (Å²) in [6.07, 6.45) is 0. The van der Waals surface area contributed by atoms with E-state index in [4.69, 9.17) is 4.42 Å². The number of benzene rings is 9. The van der Waals surface area contributed by atoms with Crippen LogP contribution in [0.5, 0.6) is 0 Å². The minimum absolute atomic E-state index is 0.0293. The highest BCUT2D eigenvalue weighted by Gasteiger charge is 2.55. The average Bonchev–Trinajstić information content (AvgIpc) is 3.69. The lowest BCUT2D eigenvalue weighted by Crippen LogP contribution is -2.79. The van der Waals surface area contributed by atoms with Crippen LogP contribution in [0.2, 0.25) is 0 Å². The Labute approximate surface area is 376 Å². The third-order valence-electron chi connectivity index (χ3n) is 14.3. The summed E-state index contributed by atoms with van der Waals surface area (Å²) in [5.74, 6) is 0. The summed E-state index contributed by atoms with van der Waals surface area (Å²) < 4.78 is 6.82. The van der Waals surface area contributed by atoms with Crippen molar-refractivity contribution in [3.63, 3.8) is 0 Å². The molecule has 0 radical (unpaired) electrons. The van der Waals surface area contributed by atoms with Gasteiger partial charge < -0.3 is 14.1 Å². The zero-order chi connectivity index (χ0) is 42.9. The molecule has 4 heterocycles. The molecule has 0 fully saturated rings. The van der Waals surface area contributed by atoms with Crippen molar-refractivity contribution >= 4 is 97.0 Å². The zero-order valence-corrected chi connectivity index (χ0v) is 37.4. The minimum Gasteiger partial charge on any atom is -0.456 e. The van der Waals surface area contributed by atoms with E-state index in [1.54, 1.807) is 0 Å². The van der Waals surface area contributed by atoms with Crippen LogP contribution in [0.4, 0.5) is 28.4 Å². The summed E-state index contributed by atoms with van der Waals surface area (Å²) in [6, 6.07) is 75.6. The highest BCUT2D eigenvalue weighted by atomic mass is 28.3. The molecular formula is C59H45BN2OSi. The number of para-hydroxylation sites is 3. The number of furan rings is 1. The SMILES string of the molecule is Cc1cc2c3c(c1)N(c1ccc(C(C)(C)C)cc1-c1ccccc1)c1cc4c(cc1B3N1c3ccccc3[Si](c3ccccc3)(c3ccccc3)c3cccc-2c31)oc1ccccc14. The quantitative estimate of drug-likeness (QED) is 0.165. The molecule has 1 aromatic heterocycles. The normalized spacial score (nSPS) is 14.3. The summed E-state index contributed by atoms with van der Waals surface area (Å²) in [4.78, 5) is 5.31. The summed E-state index contributed by atoms with van der Waals surface area (Å²) in [6.45, 7) is 9.06. The summed E-state index contributed by atoms with van der Waals surface area (Å²) >= 11 is 0. The third-order valence-corrected chi connectivity index (χ3v) is 19.1. The van der Waals surface area contributed by atoms with Crippen molar-refractivity contribution in [3.8, 4) is 22.3 Å². The Morgan fingerprint density at radius 3 is 1.91 bits per heavy atom. The first-order valence-corrected chi connectivity index (χ1v) is 24.5. The van der Waals surface area contributed by atoms with E-state index >= 15 is 0 Å². The number of nitrogens with zero attached hydrogens (tertiary/aromatic N) is 2. The predicted molar refractivity (Wildman–Crippen MR) is 273 cm³/mol. The van der Waals surface area contributed by atoms with E-state index < -0.39 is 8.07 Å². The van der Waals surface area contributed by atoms with Crippen molar-refractivity contribution in [3.05, 3.63) is 211 Å². The van der Waals surface area contributed by atoms with Crippen LogP contribution in [0.15, 0.2) is 205 Å². The molecule has 304 valence electrons. The van der Waals surface area contributed by atoms with Gasteiger partial charge in [-0.25, -0.2) is 0 Å². The number of rotatable bonds is 4. The summed E-state index contributed by atoms with van der Waals surface area (Å²) in [7, 11) is -2.86. The molecule has 0 amide bonds. The monoisotopic (exact) mass is 836 g/mol. The molecule has 9 aromatic carbocycles. The van der Waals surface area contributed by atoms with Crippen LogP contribution in [0.25, 0.3) is 44.2 Å². The van der Waals surface area contributed by atoms with E-state index in [1.165, 1.54) is 87.8 Å². The van der Waals surface area contributed by atoms with Gasteiger partial charge in [0.05, 0.1) is 5.69 Å². The lowest BCUT2D eigenvalue weighted by molar-refractivity contribution is 0.590. The molecule has 0 spiro atoms. The van der Waals surface area contributed by atoms with Gasteiger partial charge in [-0.05, 0) is 109 Å². The fourth-order valence-corrected chi connectivity index (χ4v) is 16.7. The van der Waals surface area contributed by atoms with Gasteiger partial charge in [0.1, 0.15) is 11.2 Å². The van der Waals surface area contributed by atoms with Crippen LogP contribution < -0.4 is 41.4 Å². The van der Waals surface area contributed by atoms with Gasteiger partial charge in [-0.2, -0.15) is 0 Å². The Hall–Kier alpha value is -7.34. The van der Waals surface area contributed by atoms with E-state index in [0.717, 1.165) is 27.6 Å². The van der Waals surface area contributed by atoms with Gasteiger partial charge in [-0.15, -0.1) is 0 Å². The van der Waals surface area contributed by atoms with E-state index in [9.17, 15) is 0 Å². The van der Waals surface area contributed by atoms with Gasteiger partial charge in [0.15, 0.2) is 8.07 Å². The molecule has 10 aromatic rings. The highest BCUT2D eigenvalue weighted by molar-refractivity contribution is 7.22. The molecule has 0 saturated heterocycles. The molecule has 3 nitrogen and oxygen atoms in total. The Balaban J connectivity index is 1.19. The summed E-state index contributed by atoms with van der Waals surface area (Å²) in [5, 5.41) is 7.87. The topological polar surface area (TPSA) is 19.6 Å². The van der Waals surface area contributed by atoms with Crippen LogP contribution >= 0.6 is 0 Å². The van der Waals surface area contributed by atoms with Crippen LogP contribution in [0.3, 0.4) is 0 Å². The van der Waals surface area contributed by atoms with Gasteiger partial charge >= 0.3 is 6.85 Å².